The van der Waals surface area contributed by atoms with Gasteiger partial charge in [-0.15, -0.1) is 0 Å². The van der Waals surface area contributed by atoms with E-state index in [4.69, 9.17) is 0 Å². The molecule has 0 atom stereocenters. The molecular weight excluding hydrogens is 272 g/mol. The van der Waals surface area contributed by atoms with Gasteiger partial charge in [0, 0.05) is 25.2 Å². The monoisotopic (exact) mass is 294 g/mol. The van der Waals surface area contributed by atoms with Crippen molar-refractivity contribution in [2.75, 3.05) is 19.6 Å². The van der Waals surface area contributed by atoms with Gasteiger partial charge in [-0.1, -0.05) is 12.8 Å². The van der Waals surface area contributed by atoms with Crippen LogP contribution in [0.2, 0.25) is 0 Å². The van der Waals surface area contributed by atoms with E-state index < -0.39 is 0 Å². The summed E-state index contributed by atoms with van der Waals surface area (Å²) in [7, 11) is 0. The van der Waals surface area contributed by atoms with Crippen LogP contribution in [0.25, 0.3) is 0 Å². The number of hydrogen-bond acceptors (Lipinski definition) is 3. The van der Waals surface area contributed by atoms with E-state index in [0.29, 0.717) is 32.0 Å². The maximum atomic E-state index is 12.2. The quantitative estimate of drug-likeness (QED) is 0.734. The molecule has 0 radical (unpaired) electrons. The van der Waals surface area contributed by atoms with Gasteiger partial charge in [0.05, 0.1) is 6.54 Å². The molecule has 7 heteroatoms. The van der Waals surface area contributed by atoms with Crippen molar-refractivity contribution in [3.63, 3.8) is 0 Å². The van der Waals surface area contributed by atoms with E-state index in [1.165, 1.54) is 17.7 Å². The Morgan fingerprint density at radius 2 is 1.76 bits per heavy atom. The SMILES string of the molecule is O=C(NC1CCCC1)N1CCC(N2C(=O)CNC2=O)CC1. The average Bonchev–Trinajstić information content (AvgIpc) is 3.09. The highest BCUT2D eigenvalue weighted by Crippen LogP contribution is 2.21. The molecule has 116 valence electrons. The van der Waals surface area contributed by atoms with E-state index in [1.54, 1.807) is 4.90 Å². The standard InChI is InChI=1S/C14H22N4O3/c19-12-9-15-13(20)18(12)11-5-7-17(8-6-11)14(21)16-10-3-1-2-4-10/h10-11H,1-9H2,(H,15,20)(H,16,21). The summed E-state index contributed by atoms with van der Waals surface area (Å²) in [5.74, 6) is -0.158. The first-order valence-corrected chi connectivity index (χ1v) is 7.80. The zero-order valence-electron chi connectivity index (χ0n) is 12.1. The summed E-state index contributed by atoms with van der Waals surface area (Å²) < 4.78 is 0. The lowest BCUT2D eigenvalue weighted by Gasteiger charge is -2.35. The van der Waals surface area contributed by atoms with E-state index in [1.807, 2.05) is 0 Å². The fourth-order valence-electron chi connectivity index (χ4n) is 3.47. The maximum Gasteiger partial charge on any atom is 0.324 e. The molecule has 0 bridgehead atoms. The molecular formula is C14H22N4O3. The second-order valence-electron chi connectivity index (χ2n) is 6.07. The number of piperidine rings is 1. The fraction of sp³-hybridized carbons (Fsp3) is 0.786. The Balaban J connectivity index is 1.49. The van der Waals surface area contributed by atoms with E-state index in [2.05, 4.69) is 10.6 Å². The molecule has 2 saturated heterocycles. The Bertz CT molecular complexity index is 424. The number of nitrogens with zero attached hydrogens (tertiary/aromatic N) is 2. The summed E-state index contributed by atoms with van der Waals surface area (Å²) in [6.07, 6.45) is 5.86. The van der Waals surface area contributed by atoms with Crippen molar-refractivity contribution >= 4 is 18.0 Å². The molecule has 2 heterocycles. The molecule has 0 aromatic heterocycles. The second kappa shape index (κ2) is 5.91. The second-order valence-corrected chi connectivity index (χ2v) is 6.07. The first kappa shape index (κ1) is 14.2. The normalized spacial score (nSPS) is 24.6. The molecule has 1 saturated carbocycles. The molecule has 21 heavy (non-hydrogen) atoms. The Hall–Kier alpha value is -1.79. The Labute approximate surface area is 124 Å². The lowest BCUT2D eigenvalue weighted by Crippen LogP contribution is -2.52. The molecule has 3 rings (SSSR count). The van der Waals surface area contributed by atoms with Crippen molar-refractivity contribution in [3.05, 3.63) is 0 Å². The van der Waals surface area contributed by atoms with Crippen LogP contribution in [0.1, 0.15) is 38.5 Å². The highest BCUT2D eigenvalue weighted by atomic mass is 16.2. The number of carbonyl (C=O) groups is 3. The van der Waals surface area contributed by atoms with Crippen molar-refractivity contribution in [2.24, 2.45) is 0 Å². The molecule has 3 aliphatic rings. The van der Waals surface area contributed by atoms with Gasteiger partial charge in [0.1, 0.15) is 0 Å². The third-order valence-electron chi connectivity index (χ3n) is 4.68. The minimum absolute atomic E-state index is 0.00227. The van der Waals surface area contributed by atoms with Crippen molar-refractivity contribution in [3.8, 4) is 0 Å². The van der Waals surface area contributed by atoms with E-state index >= 15 is 0 Å². The maximum absolute atomic E-state index is 12.2. The van der Waals surface area contributed by atoms with Crippen LogP contribution in [0.5, 0.6) is 0 Å². The number of urea groups is 2. The number of nitrogens with one attached hydrogen (secondary N) is 2. The van der Waals surface area contributed by atoms with Gasteiger partial charge in [-0.05, 0) is 25.7 Å². The summed E-state index contributed by atoms with van der Waals surface area (Å²) in [6, 6.07) is -0.0527. The number of likely N-dealkylation sites (tertiary alicyclic amines) is 1. The van der Waals surface area contributed by atoms with E-state index in [9.17, 15) is 14.4 Å². The zero-order chi connectivity index (χ0) is 14.8. The summed E-state index contributed by atoms with van der Waals surface area (Å²) in [5.41, 5.74) is 0. The summed E-state index contributed by atoms with van der Waals surface area (Å²) >= 11 is 0. The van der Waals surface area contributed by atoms with Crippen LogP contribution in [0.3, 0.4) is 0 Å². The third kappa shape index (κ3) is 2.96. The predicted octanol–water partition coefficient (Wildman–Crippen LogP) is 0.655. The van der Waals surface area contributed by atoms with Gasteiger partial charge in [0.2, 0.25) is 5.91 Å². The van der Waals surface area contributed by atoms with Crippen molar-refractivity contribution in [1.82, 2.24) is 20.4 Å². The lowest BCUT2D eigenvalue weighted by atomic mass is 10.0. The van der Waals surface area contributed by atoms with Crippen molar-refractivity contribution < 1.29 is 14.4 Å². The molecule has 2 N–H and O–H groups in total. The van der Waals surface area contributed by atoms with Crippen molar-refractivity contribution in [1.29, 1.82) is 0 Å². The molecule has 1 aliphatic carbocycles. The topological polar surface area (TPSA) is 81.8 Å². The van der Waals surface area contributed by atoms with E-state index in [-0.39, 0.29) is 30.6 Å². The lowest BCUT2D eigenvalue weighted by molar-refractivity contribution is -0.127. The van der Waals surface area contributed by atoms with Gasteiger partial charge in [0.25, 0.3) is 0 Å². The first-order valence-electron chi connectivity index (χ1n) is 7.80. The fourth-order valence-corrected chi connectivity index (χ4v) is 3.47. The molecule has 0 unspecified atom stereocenters. The Kier molecular flexibility index (Phi) is 3.98. The van der Waals surface area contributed by atoms with Crippen LogP contribution in [0.4, 0.5) is 9.59 Å². The number of rotatable bonds is 2. The summed E-state index contributed by atoms with van der Waals surface area (Å²) in [4.78, 5) is 38.6. The highest BCUT2D eigenvalue weighted by Gasteiger charge is 2.37. The van der Waals surface area contributed by atoms with Gasteiger partial charge in [0.15, 0.2) is 0 Å². The molecule has 0 aromatic carbocycles. The Morgan fingerprint density at radius 3 is 2.33 bits per heavy atom. The van der Waals surface area contributed by atoms with Gasteiger partial charge >= 0.3 is 12.1 Å². The molecule has 2 aliphatic heterocycles. The number of imide groups is 1. The van der Waals surface area contributed by atoms with Crippen molar-refractivity contribution in [2.45, 2.75) is 50.6 Å². The molecule has 7 nitrogen and oxygen atoms in total. The first-order chi connectivity index (χ1) is 10.1. The summed E-state index contributed by atoms with van der Waals surface area (Å²) in [6.45, 7) is 1.29. The van der Waals surface area contributed by atoms with Crippen LogP contribution >= 0.6 is 0 Å². The van der Waals surface area contributed by atoms with Crippen LogP contribution in [0, 0.1) is 0 Å². The minimum Gasteiger partial charge on any atom is -0.335 e. The number of carbonyl (C=O) groups excluding carboxylic acids is 3. The van der Waals surface area contributed by atoms with Crippen LogP contribution < -0.4 is 10.6 Å². The molecule has 3 fully saturated rings. The third-order valence-corrected chi connectivity index (χ3v) is 4.68. The van der Waals surface area contributed by atoms with Crippen LogP contribution in [-0.4, -0.2) is 59.5 Å². The summed E-state index contributed by atoms with van der Waals surface area (Å²) in [5, 5.41) is 5.62. The minimum atomic E-state index is -0.297. The number of hydrogen-bond donors (Lipinski definition) is 2. The van der Waals surface area contributed by atoms with Gasteiger partial charge < -0.3 is 15.5 Å². The molecule has 0 spiro atoms. The average molecular weight is 294 g/mol. The van der Waals surface area contributed by atoms with Gasteiger partial charge in [-0.2, -0.15) is 0 Å². The smallest absolute Gasteiger partial charge is 0.324 e. The van der Waals surface area contributed by atoms with Crippen LogP contribution in [0.15, 0.2) is 0 Å². The van der Waals surface area contributed by atoms with E-state index in [0.717, 1.165) is 12.8 Å². The van der Waals surface area contributed by atoms with Gasteiger partial charge in [-0.3, -0.25) is 9.69 Å². The largest absolute Gasteiger partial charge is 0.335 e. The van der Waals surface area contributed by atoms with Gasteiger partial charge in [-0.25, -0.2) is 9.59 Å². The predicted molar refractivity (Wildman–Crippen MR) is 75.6 cm³/mol. The van der Waals surface area contributed by atoms with Crippen LogP contribution in [-0.2, 0) is 4.79 Å². The molecule has 0 aromatic rings. The highest BCUT2D eigenvalue weighted by molar-refractivity contribution is 6.02. The zero-order valence-corrected chi connectivity index (χ0v) is 12.1. The Morgan fingerprint density at radius 1 is 1.10 bits per heavy atom. The number of amides is 5. The molecule has 5 amide bonds.